The molecule has 1 N–H and O–H groups in total. The molecule has 0 unspecified atom stereocenters. The molecule has 32 heavy (non-hydrogen) atoms. The average Bonchev–Trinajstić information content (AvgIpc) is 3.16. The van der Waals surface area contributed by atoms with E-state index in [-0.39, 0.29) is 28.8 Å². The second-order valence-electron chi connectivity index (χ2n) is 8.69. The molecule has 3 fully saturated rings. The van der Waals surface area contributed by atoms with E-state index in [4.69, 9.17) is 21.1 Å². The first kappa shape index (κ1) is 21.8. The molecule has 0 spiro atoms. The number of pyridine rings is 1. The van der Waals surface area contributed by atoms with Crippen molar-refractivity contribution in [3.05, 3.63) is 11.0 Å². The lowest BCUT2D eigenvalue weighted by molar-refractivity contribution is 0.107. The smallest absolute Gasteiger partial charge is 0.319 e. The highest BCUT2D eigenvalue weighted by molar-refractivity contribution is 6.30. The molecule has 5 rings (SSSR count). The van der Waals surface area contributed by atoms with Gasteiger partial charge in [-0.2, -0.15) is 9.97 Å². The third kappa shape index (κ3) is 3.82. The summed E-state index contributed by atoms with van der Waals surface area (Å²) in [6.07, 6.45) is 2.27. The van der Waals surface area contributed by atoms with Gasteiger partial charge in [-0.3, -0.25) is 4.90 Å². The van der Waals surface area contributed by atoms with Gasteiger partial charge in [0.15, 0.2) is 11.0 Å². The topological polar surface area (TPSA) is 75.6 Å². The fourth-order valence-electron chi connectivity index (χ4n) is 5.19. The lowest BCUT2D eigenvalue weighted by atomic mass is 9.95. The highest BCUT2D eigenvalue weighted by atomic mass is 35.5. The summed E-state index contributed by atoms with van der Waals surface area (Å²) in [7, 11) is 1.69. The van der Waals surface area contributed by atoms with Crippen LogP contribution in [0.2, 0.25) is 5.15 Å². The predicted molar refractivity (Wildman–Crippen MR) is 118 cm³/mol. The number of halogens is 3. The molecule has 3 aliphatic heterocycles. The maximum absolute atomic E-state index is 15.1. The molecule has 2 aromatic rings. The number of hydrogen-bond donors (Lipinski definition) is 1. The molecule has 5 heterocycles. The summed E-state index contributed by atoms with van der Waals surface area (Å²) in [5, 5.41) is 3.16. The van der Waals surface area contributed by atoms with Crippen LogP contribution in [0.25, 0.3) is 10.9 Å². The van der Waals surface area contributed by atoms with Gasteiger partial charge in [0.25, 0.3) is 0 Å². The van der Waals surface area contributed by atoms with Crippen molar-refractivity contribution < 1.29 is 18.3 Å². The van der Waals surface area contributed by atoms with Crippen LogP contribution in [0.3, 0.4) is 0 Å². The first-order chi connectivity index (χ1) is 15.5. The van der Waals surface area contributed by atoms with Crippen molar-refractivity contribution in [2.24, 2.45) is 0 Å². The monoisotopic (exact) mass is 468 g/mol. The second-order valence-corrected chi connectivity index (χ2v) is 9.04. The second kappa shape index (κ2) is 8.72. The Morgan fingerprint density at radius 1 is 1.22 bits per heavy atom. The molecule has 8 nitrogen and oxygen atoms in total. The number of ether oxygens (including phenoxy) is 2. The summed E-state index contributed by atoms with van der Waals surface area (Å²) >= 11 is 6.05. The molecule has 0 aromatic carbocycles. The summed E-state index contributed by atoms with van der Waals surface area (Å²) in [6, 6.07) is 0.0596. The predicted octanol–water partition coefficient (Wildman–Crippen LogP) is 3.04. The molecule has 0 saturated carbocycles. The van der Waals surface area contributed by atoms with Crippen LogP contribution in [0.4, 0.5) is 20.4 Å². The summed E-state index contributed by atoms with van der Waals surface area (Å²) in [5.41, 5.74) is -0.297. The van der Waals surface area contributed by atoms with Crippen LogP contribution in [0.1, 0.15) is 25.7 Å². The summed E-state index contributed by atoms with van der Waals surface area (Å²) in [6.45, 7) is 4.05. The number of alkyl halides is 1. The largest absolute Gasteiger partial charge is 0.461 e. The molecule has 0 bridgehead atoms. The fourth-order valence-corrected chi connectivity index (χ4v) is 5.36. The number of fused-ring (bicyclic) bond motifs is 2. The Labute approximate surface area is 190 Å². The minimum absolute atomic E-state index is 0.0510. The van der Waals surface area contributed by atoms with Crippen LogP contribution in [-0.2, 0) is 4.74 Å². The quantitative estimate of drug-likeness (QED) is 0.671. The molecule has 174 valence electrons. The minimum Gasteiger partial charge on any atom is -0.461 e. The van der Waals surface area contributed by atoms with Crippen LogP contribution in [0, 0.1) is 5.82 Å². The van der Waals surface area contributed by atoms with Crippen LogP contribution in [0.5, 0.6) is 6.01 Å². The van der Waals surface area contributed by atoms with Gasteiger partial charge in [-0.1, -0.05) is 11.6 Å². The normalized spacial score (nSPS) is 26.4. The molecule has 11 heteroatoms. The van der Waals surface area contributed by atoms with E-state index in [0.29, 0.717) is 56.3 Å². The molecule has 2 aromatic heterocycles. The Kier molecular flexibility index (Phi) is 5.94. The third-order valence-electron chi connectivity index (χ3n) is 6.69. The number of rotatable bonds is 5. The van der Waals surface area contributed by atoms with Crippen LogP contribution in [0.15, 0.2) is 0 Å². The molecule has 3 aliphatic rings. The van der Waals surface area contributed by atoms with E-state index in [1.54, 1.807) is 7.05 Å². The fraction of sp³-hybridized carbons (Fsp3) is 0.667. The zero-order valence-electron chi connectivity index (χ0n) is 18.0. The summed E-state index contributed by atoms with van der Waals surface area (Å²) in [5.74, 6) is 0.207. The average molecular weight is 469 g/mol. The Bertz CT molecular complexity index is 1010. The zero-order valence-corrected chi connectivity index (χ0v) is 18.8. The van der Waals surface area contributed by atoms with Crippen molar-refractivity contribution in [2.75, 3.05) is 63.3 Å². The van der Waals surface area contributed by atoms with Crippen LogP contribution < -0.4 is 15.0 Å². The van der Waals surface area contributed by atoms with Crippen molar-refractivity contribution >= 4 is 34.1 Å². The maximum Gasteiger partial charge on any atom is 0.319 e. The van der Waals surface area contributed by atoms with Gasteiger partial charge < -0.3 is 19.7 Å². The number of nitrogens with zero attached hydrogens (tertiary/aromatic N) is 5. The van der Waals surface area contributed by atoms with Crippen LogP contribution in [-0.4, -0.2) is 84.6 Å². The van der Waals surface area contributed by atoms with Gasteiger partial charge in [-0.15, -0.1) is 0 Å². The van der Waals surface area contributed by atoms with E-state index in [0.717, 1.165) is 25.8 Å². The Balaban J connectivity index is 1.55. The van der Waals surface area contributed by atoms with Crippen molar-refractivity contribution in [1.82, 2.24) is 19.9 Å². The first-order valence-electron chi connectivity index (χ1n) is 11.1. The van der Waals surface area contributed by atoms with E-state index in [9.17, 15) is 4.39 Å². The molecule has 0 radical (unpaired) electrons. The zero-order chi connectivity index (χ0) is 22.3. The lowest BCUT2D eigenvalue weighted by Gasteiger charge is -2.31. The standard InChI is InChI=1S/C21H27ClF2N6O2/c1-25-18-14-16(15(24)17(22)27-18)26-20(28-19(14)29-5-3-8-31-9-7-29)32-12-21-4-2-6-30(21)11-13(23)10-21/h13H,2-12H2,1H3,(H,25,27)/t13-,21+/m1/s1. The highest BCUT2D eigenvalue weighted by Crippen LogP contribution is 2.41. The van der Waals surface area contributed by atoms with E-state index in [1.807, 2.05) is 4.90 Å². The molecule has 2 atom stereocenters. The van der Waals surface area contributed by atoms with E-state index < -0.39 is 12.0 Å². The molecular formula is C21H27ClF2N6O2. The Hall–Kier alpha value is -2.04. The van der Waals surface area contributed by atoms with Gasteiger partial charge in [0.05, 0.1) is 17.5 Å². The van der Waals surface area contributed by atoms with Crippen molar-refractivity contribution in [3.63, 3.8) is 0 Å². The van der Waals surface area contributed by atoms with Crippen molar-refractivity contribution in [2.45, 2.75) is 37.4 Å². The summed E-state index contributed by atoms with van der Waals surface area (Å²) < 4.78 is 40.8. The highest BCUT2D eigenvalue weighted by Gasteiger charge is 2.49. The Morgan fingerprint density at radius 2 is 2.09 bits per heavy atom. The summed E-state index contributed by atoms with van der Waals surface area (Å²) in [4.78, 5) is 17.4. The SMILES string of the molecule is CNc1nc(Cl)c(F)c2nc(OC[C@@]34CCCN3C[C@H](F)C4)nc(N3CCCOCC3)c12. The first-order valence-corrected chi connectivity index (χ1v) is 11.5. The van der Waals surface area contributed by atoms with Crippen LogP contribution >= 0.6 is 11.6 Å². The van der Waals surface area contributed by atoms with Crippen molar-refractivity contribution in [3.8, 4) is 6.01 Å². The number of aromatic nitrogens is 3. The molecule has 0 aliphatic carbocycles. The third-order valence-corrected chi connectivity index (χ3v) is 6.95. The number of nitrogens with one attached hydrogen (secondary N) is 1. The van der Waals surface area contributed by atoms with E-state index >= 15 is 4.39 Å². The molecule has 3 saturated heterocycles. The molecular weight excluding hydrogens is 442 g/mol. The van der Waals surface area contributed by atoms with Gasteiger partial charge >= 0.3 is 6.01 Å². The van der Waals surface area contributed by atoms with Crippen molar-refractivity contribution in [1.29, 1.82) is 0 Å². The van der Waals surface area contributed by atoms with Gasteiger partial charge in [0.1, 0.15) is 29.9 Å². The van der Waals surface area contributed by atoms with Gasteiger partial charge in [-0.25, -0.2) is 13.8 Å². The lowest BCUT2D eigenvalue weighted by Crippen LogP contribution is -2.43. The number of anilines is 2. The van der Waals surface area contributed by atoms with Gasteiger partial charge in [0, 0.05) is 39.7 Å². The van der Waals surface area contributed by atoms with Gasteiger partial charge in [0.2, 0.25) is 0 Å². The Morgan fingerprint density at radius 3 is 2.94 bits per heavy atom. The minimum atomic E-state index is -0.857. The van der Waals surface area contributed by atoms with Gasteiger partial charge in [-0.05, 0) is 25.8 Å². The molecule has 0 amide bonds. The number of hydrogen-bond acceptors (Lipinski definition) is 8. The van der Waals surface area contributed by atoms with E-state index in [2.05, 4.69) is 25.2 Å². The van der Waals surface area contributed by atoms with E-state index in [1.165, 1.54) is 0 Å². The maximum atomic E-state index is 15.1.